The lowest BCUT2D eigenvalue weighted by Crippen LogP contribution is -2.55. The molecule has 0 heterocycles. The summed E-state index contributed by atoms with van der Waals surface area (Å²) < 4.78 is 0. The van der Waals surface area contributed by atoms with Gasteiger partial charge < -0.3 is 4.90 Å². The van der Waals surface area contributed by atoms with Gasteiger partial charge in [-0.3, -0.25) is 0 Å². The molecule has 2 unspecified atom stereocenters. The maximum absolute atomic E-state index is 6.13. The van der Waals surface area contributed by atoms with E-state index in [0.717, 1.165) is 35.1 Å². The van der Waals surface area contributed by atoms with Crippen LogP contribution in [0.2, 0.25) is 0 Å². The molecule has 0 aliphatic rings. The summed E-state index contributed by atoms with van der Waals surface area (Å²) in [6.45, 7) is 11.3. The first-order valence-corrected chi connectivity index (χ1v) is 6.91. The molecule has 0 amide bonds. The Bertz CT molecular complexity index is 139. The van der Waals surface area contributed by atoms with E-state index < -0.39 is 0 Å². The number of hydrogen-bond acceptors (Lipinski definition) is 1. The molecule has 1 nitrogen and oxygen atoms in total. The largest absolute Gasteiger partial charge is 0.300 e. The molecule has 0 aliphatic heterocycles. The molecule has 13 heavy (non-hydrogen) atoms. The fourth-order valence-electron chi connectivity index (χ4n) is 1.91. The van der Waals surface area contributed by atoms with E-state index in [2.05, 4.69) is 32.6 Å². The van der Waals surface area contributed by atoms with Crippen LogP contribution in [0.15, 0.2) is 0 Å². The van der Waals surface area contributed by atoms with Gasteiger partial charge in [0.05, 0.1) is 0 Å². The van der Waals surface area contributed by atoms with Crippen molar-refractivity contribution in [2.75, 3.05) is 19.0 Å². The zero-order valence-corrected chi connectivity index (χ0v) is 12.5. The van der Waals surface area contributed by atoms with Crippen molar-refractivity contribution >= 4 is 21.8 Å². The van der Waals surface area contributed by atoms with Gasteiger partial charge in [0, 0.05) is 21.3 Å². The third-order valence-electron chi connectivity index (χ3n) is 3.43. The summed E-state index contributed by atoms with van der Waals surface area (Å²) in [7, 11) is 1.16. The molecular formula is C10H24ClNSi. The van der Waals surface area contributed by atoms with E-state index >= 15 is 0 Å². The maximum Gasteiger partial charge on any atom is 0.0373 e. The normalized spacial score (nSPS) is 18.9. The molecule has 0 N–H and O–H groups in total. The molecule has 0 saturated heterocycles. The number of hydrogen-bond donors (Lipinski definition) is 0. The summed E-state index contributed by atoms with van der Waals surface area (Å²) in [5, 5.41) is 0.305. The molecule has 0 aromatic carbocycles. The first kappa shape index (κ1) is 13.5. The summed E-state index contributed by atoms with van der Waals surface area (Å²) in [4.78, 5) is 2.53. The van der Waals surface area contributed by atoms with Crippen LogP contribution in [-0.2, 0) is 0 Å². The minimum absolute atomic E-state index is 0.305. The van der Waals surface area contributed by atoms with Crippen LogP contribution in [0, 0.1) is 5.92 Å². The summed E-state index contributed by atoms with van der Waals surface area (Å²) in [6, 6.07) is 0. The van der Waals surface area contributed by atoms with E-state index in [1.165, 1.54) is 6.42 Å². The van der Waals surface area contributed by atoms with Crippen molar-refractivity contribution in [3.05, 3.63) is 0 Å². The topological polar surface area (TPSA) is 3.24 Å². The number of halogens is 1. The van der Waals surface area contributed by atoms with Gasteiger partial charge in [-0.15, -0.1) is 11.6 Å². The standard InChI is InChI=1S/C10H24ClNSi/c1-5-9(4)10(13,8-11)12(6-2)7-3/h9H,5-8H2,1-4,13H3. The first-order chi connectivity index (χ1) is 6.06. The van der Waals surface area contributed by atoms with Gasteiger partial charge in [0.2, 0.25) is 0 Å². The predicted molar refractivity (Wildman–Crippen MR) is 65.8 cm³/mol. The highest BCUT2D eigenvalue weighted by molar-refractivity contribution is 6.26. The zero-order valence-electron chi connectivity index (χ0n) is 9.73. The van der Waals surface area contributed by atoms with E-state index in [9.17, 15) is 0 Å². The monoisotopic (exact) mass is 221 g/mol. The zero-order chi connectivity index (χ0) is 10.5. The van der Waals surface area contributed by atoms with Crippen LogP contribution in [-0.4, -0.2) is 39.3 Å². The van der Waals surface area contributed by atoms with E-state index in [-0.39, 0.29) is 0 Å². The average Bonchev–Trinajstić information content (AvgIpc) is 2.17. The van der Waals surface area contributed by atoms with Crippen LogP contribution in [0.25, 0.3) is 0 Å². The second-order valence-corrected chi connectivity index (χ2v) is 5.97. The molecule has 3 heteroatoms. The highest BCUT2D eigenvalue weighted by Gasteiger charge is 2.33. The average molecular weight is 222 g/mol. The van der Waals surface area contributed by atoms with E-state index in [1.807, 2.05) is 0 Å². The summed E-state index contributed by atoms with van der Waals surface area (Å²) in [5.41, 5.74) is 0. The lowest BCUT2D eigenvalue weighted by Gasteiger charge is -2.43. The van der Waals surface area contributed by atoms with E-state index in [4.69, 9.17) is 11.6 Å². The highest BCUT2D eigenvalue weighted by atomic mass is 35.5. The molecule has 0 saturated carbocycles. The Morgan fingerprint density at radius 2 is 1.77 bits per heavy atom. The third-order valence-corrected chi connectivity index (χ3v) is 6.39. The maximum atomic E-state index is 6.13. The third kappa shape index (κ3) is 2.96. The van der Waals surface area contributed by atoms with Gasteiger partial charge in [-0.2, -0.15) is 0 Å². The van der Waals surface area contributed by atoms with Crippen LogP contribution in [0.5, 0.6) is 0 Å². The van der Waals surface area contributed by atoms with Gasteiger partial charge in [-0.25, -0.2) is 0 Å². The Labute approximate surface area is 91.3 Å². The second kappa shape index (κ2) is 6.05. The number of alkyl halides is 1. The van der Waals surface area contributed by atoms with Crippen LogP contribution in [0.3, 0.4) is 0 Å². The summed E-state index contributed by atoms with van der Waals surface area (Å²) >= 11 is 6.13. The smallest absolute Gasteiger partial charge is 0.0373 e. The lowest BCUT2D eigenvalue weighted by atomic mass is 9.98. The van der Waals surface area contributed by atoms with Crippen molar-refractivity contribution in [3.63, 3.8) is 0 Å². The predicted octanol–water partition coefficient (Wildman–Crippen LogP) is 1.67. The molecule has 0 fully saturated rings. The minimum atomic E-state index is 0.305. The summed E-state index contributed by atoms with van der Waals surface area (Å²) in [5.74, 6) is 1.51. The second-order valence-electron chi connectivity index (χ2n) is 3.97. The van der Waals surface area contributed by atoms with Crippen LogP contribution in [0.1, 0.15) is 34.1 Å². The van der Waals surface area contributed by atoms with Crippen molar-refractivity contribution in [1.29, 1.82) is 0 Å². The quantitative estimate of drug-likeness (QED) is 0.488. The van der Waals surface area contributed by atoms with Crippen molar-refractivity contribution in [1.82, 2.24) is 4.90 Å². The number of nitrogens with zero attached hydrogens (tertiary/aromatic N) is 1. The van der Waals surface area contributed by atoms with Crippen LogP contribution in [0.4, 0.5) is 0 Å². The minimum Gasteiger partial charge on any atom is -0.300 e. The first-order valence-electron chi connectivity index (χ1n) is 5.37. The Morgan fingerprint density at radius 1 is 1.31 bits per heavy atom. The lowest BCUT2D eigenvalue weighted by molar-refractivity contribution is 0.139. The Morgan fingerprint density at radius 3 is 2.00 bits per heavy atom. The fourth-order valence-corrected chi connectivity index (χ4v) is 3.39. The van der Waals surface area contributed by atoms with Crippen molar-refractivity contribution < 1.29 is 0 Å². The van der Waals surface area contributed by atoms with Gasteiger partial charge in [0.1, 0.15) is 0 Å². The van der Waals surface area contributed by atoms with Gasteiger partial charge >= 0.3 is 0 Å². The molecule has 0 rings (SSSR count). The number of rotatable bonds is 6. The molecule has 80 valence electrons. The Balaban J connectivity index is 4.57. The van der Waals surface area contributed by atoms with Gasteiger partial charge in [-0.05, 0) is 19.0 Å². The Hall–Kier alpha value is 0.467. The SMILES string of the molecule is CCC(C)C([SiH3])(CCl)N(CC)CC. The molecule has 0 aromatic rings. The van der Waals surface area contributed by atoms with E-state index in [0.29, 0.717) is 5.16 Å². The molecular weight excluding hydrogens is 198 g/mol. The van der Waals surface area contributed by atoms with Gasteiger partial charge in [-0.1, -0.05) is 34.1 Å². The Kier molecular flexibility index (Phi) is 6.26. The van der Waals surface area contributed by atoms with Crippen molar-refractivity contribution in [2.45, 2.75) is 39.3 Å². The molecule has 0 radical (unpaired) electrons. The van der Waals surface area contributed by atoms with Crippen LogP contribution < -0.4 is 0 Å². The fraction of sp³-hybridized carbons (Fsp3) is 1.00. The van der Waals surface area contributed by atoms with Gasteiger partial charge in [0.25, 0.3) is 0 Å². The van der Waals surface area contributed by atoms with Crippen molar-refractivity contribution in [2.24, 2.45) is 5.92 Å². The molecule has 0 spiro atoms. The highest BCUT2D eigenvalue weighted by Crippen LogP contribution is 2.25. The molecule has 0 aliphatic carbocycles. The van der Waals surface area contributed by atoms with Gasteiger partial charge in [0.15, 0.2) is 0 Å². The van der Waals surface area contributed by atoms with Crippen molar-refractivity contribution in [3.8, 4) is 0 Å². The molecule has 0 bridgehead atoms. The molecule has 0 aromatic heterocycles. The molecule has 2 atom stereocenters. The summed E-state index contributed by atoms with van der Waals surface area (Å²) in [6.07, 6.45) is 1.23. The van der Waals surface area contributed by atoms with E-state index in [1.54, 1.807) is 0 Å². The van der Waals surface area contributed by atoms with Crippen LogP contribution >= 0.6 is 11.6 Å².